The normalized spacial score (nSPS) is 20.5. The van der Waals surface area contributed by atoms with Crippen LogP contribution in [0.25, 0.3) is 0 Å². The molecule has 1 nitrogen and oxygen atoms in total. The number of hydrogen-bond donors (Lipinski definition) is 0. The molecule has 0 aliphatic carbocycles. The zero-order valence-corrected chi connectivity index (χ0v) is 14.1. The van der Waals surface area contributed by atoms with Crippen molar-refractivity contribution in [3.63, 3.8) is 0 Å². The number of rotatable bonds is 3. The zero-order chi connectivity index (χ0) is 15.7. The fourth-order valence-corrected chi connectivity index (χ4v) is 3.48. The third-order valence-corrected chi connectivity index (χ3v) is 4.70. The van der Waals surface area contributed by atoms with Gasteiger partial charge < -0.3 is 0 Å². The molecular weight excluding hydrogens is 266 g/mol. The lowest BCUT2D eigenvalue weighted by molar-refractivity contribution is 0.518. The lowest BCUT2D eigenvalue weighted by atomic mass is 9.80. The summed E-state index contributed by atoms with van der Waals surface area (Å²) in [6.07, 6.45) is 2.42. The standard InChI is InChI=1S/C21H25N/c1-5-6-18-16(4)22-21(17-10-7-14(2)8-11-17)19-12-9-15(3)13-20(18)19/h7-13,16,18H,5-6H2,1-4H3/t16?,18-/m0/s1. The van der Waals surface area contributed by atoms with Gasteiger partial charge in [-0.2, -0.15) is 0 Å². The smallest absolute Gasteiger partial charge is 0.0725 e. The lowest BCUT2D eigenvalue weighted by Crippen LogP contribution is -2.25. The maximum absolute atomic E-state index is 5.07. The molecule has 1 aliphatic rings. The SMILES string of the molecule is CCC[C@@H]1c2cc(C)ccc2C(c2ccc(C)cc2)=NC1C. The van der Waals surface area contributed by atoms with E-state index in [4.69, 9.17) is 4.99 Å². The highest BCUT2D eigenvalue weighted by atomic mass is 14.8. The molecule has 3 rings (SSSR count). The summed E-state index contributed by atoms with van der Waals surface area (Å²) in [7, 11) is 0. The minimum atomic E-state index is 0.352. The van der Waals surface area contributed by atoms with Crippen LogP contribution in [0, 0.1) is 13.8 Å². The highest BCUT2D eigenvalue weighted by Crippen LogP contribution is 2.36. The van der Waals surface area contributed by atoms with Crippen molar-refractivity contribution in [1.29, 1.82) is 0 Å². The summed E-state index contributed by atoms with van der Waals surface area (Å²) in [5.41, 5.74) is 7.84. The number of aliphatic imine (C=N–C) groups is 1. The van der Waals surface area contributed by atoms with Crippen molar-refractivity contribution in [3.05, 3.63) is 70.3 Å². The summed E-state index contributed by atoms with van der Waals surface area (Å²) in [5.74, 6) is 0.550. The molecule has 0 saturated carbocycles. The Bertz CT molecular complexity index is 694. The molecule has 0 N–H and O–H groups in total. The van der Waals surface area contributed by atoms with Gasteiger partial charge in [-0.05, 0) is 32.8 Å². The molecule has 1 unspecified atom stereocenters. The quantitative estimate of drug-likeness (QED) is 0.715. The molecule has 1 aliphatic heterocycles. The maximum Gasteiger partial charge on any atom is 0.0725 e. The van der Waals surface area contributed by atoms with Crippen LogP contribution in [0.5, 0.6) is 0 Å². The van der Waals surface area contributed by atoms with Gasteiger partial charge >= 0.3 is 0 Å². The monoisotopic (exact) mass is 291 g/mol. The van der Waals surface area contributed by atoms with Crippen molar-refractivity contribution < 1.29 is 0 Å². The molecule has 0 bridgehead atoms. The van der Waals surface area contributed by atoms with Crippen LogP contribution in [0.1, 0.15) is 60.4 Å². The molecule has 0 spiro atoms. The Morgan fingerprint density at radius 3 is 2.32 bits per heavy atom. The van der Waals surface area contributed by atoms with Gasteiger partial charge in [-0.3, -0.25) is 4.99 Å². The Labute approximate surface area is 134 Å². The van der Waals surface area contributed by atoms with Gasteiger partial charge in [0.2, 0.25) is 0 Å². The van der Waals surface area contributed by atoms with E-state index < -0.39 is 0 Å². The second-order valence-electron chi connectivity index (χ2n) is 6.57. The Hall–Kier alpha value is -1.89. The molecular formula is C21H25N. The van der Waals surface area contributed by atoms with Crippen LogP contribution in [0.3, 0.4) is 0 Å². The molecule has 1 heteroatoms. The fraction of sp³-hybridized carbons (Fsp3) is 0.381. The molecule has 0 saturated heterocycles. The number of fused-ring (bicyclic) bond motifs is 1. The summed E-state index contributed by atoms with van der Waals surface area (Å²) in [5, 5.41) is 0. The van der Waals surface area contributed by atoms with Crippen molar-refractivity contribution in [1.82, 2.24) is 0 Å². The van der Waals surface area contributed by atoms with Crippen molar-refractivity contribution >= 4 is 5.71 Å². The molecule has 114 valence electrons. The second-order valence-corrected chi connectivity index (χ2v) is 6.57. The van der Waals surface area contributed by atoms with Crippen LogP contribution in [-0.2, 0) is 0 Å². The van der Waals surface area contributed by atoms with Crippen LogP contribution in [0.15, 0.2) is 47.5 Å². The first-order valence-electron chi connectivity index (χ1n) is 8.36. The molecule has 2 aromatic rings. The molecule has 22 heavy (non-hydrogen) atoms. The van der Waals surface area contributed by atoms with E-state index in [0.717, 1.165) is 5.71 Å². The maximum atomic E-state index is 5.07. The molecule has 0 radical (unpaired) electrons. The van der Waals surface area contributed by atoms with E-state index in [2.05, 4.69) is 70.2 Å². The third-order valence-electron chi connectivity index (χ3n) is 4.70. The van der Waals surface area contributed by atoms with E-state index in [1.54, 1.807) is 0 Å². The summed E-state index contributed by atoms with van der Waals surface area (Å²) in [6, 6.07) is 15.9. The van der Waals surface area contributed by atoms with Gasteiger partial charge in [0.1, 0.15) is 0 Å². The molecule has 2 aromatic carbocycles. The molecule has 0 fully saturated rings. The van der Waals surface area contributed by atoms with Crippen LogP contribution in [0.4, 0.5) is 0 Å². The molecule has 0 amide bonds. The summed E-state index contributed by atoms with van der Waals surface area (Å²) in [4.78, 5) is 5.07. The zero-order valence-electron chi connectivity index (χ0n) is 14.1. The number of aryl methyl sites for hydroxylation is 2. The van der Waals surface area contributed by atoms with Crippen LogP contribution in [0.2, 0.25) is 0 Å². The molecule has 0 aromatic heterocycles. The average Bonchev–Trinajstić information content (AvgIpc) is 2.51. The van der Waals surface area contributed by atoms with E-state index in [0.29, 0.717) is 12.0 Å². The highest BCUT2D eigenvalue weighted by Gasteiger charge is 2.28. The predicted molar refractivity (Wildman–Crippen MR) is 95.1 cm³/mol. The fourth-order valence-electron chi connectivity index (χ4n) is 3.48. The van der Waals surface area contributed by atoms with Crippen molar-refractivity contribution in [3.8, 4) is 0 Å². The van der Waals surface area contributed by atoms with Gasteiger partial charge in [-0.15, -0.1) is 0 Å². The van der Waals surface area contributed by atoms with E-state index >= 15 is 0 Å². The van der Waals surface area contributed by atoms with Crippen LogP contribution >= 0.6 is 0 Å². The molecule has 1 heterocycles. The topological polar surface area (TPSA) is 12.4 Å². The van der Waals surface area contributed by atoms with Gasteiger partial charge in [0.25, 0.3) is 0 Å². The van der Waals surface area contributed by atoms with E-state index in [9.17, 15) is 0 Å². The Morgan fingerprint density at radius 2 is 1.64 bits per heavy atom. The Balaban J connectivity index is 2.13. The van der Waals surface area contributed by atoms with E-state index in [1.807, 2.05) is 0 Å². The van der Waals surface area contributed by atoms with Crippen molar-refractivity contribution in [2.75, 3.05) is 0 Å². The number of hydrogen-bond acceptors (Lipinski definition) is 1. The van der Waals surface area contributed by atoms with E-state index in [1.165, 1.54) is 40.7 Å². The Kier molecular flexibility index (Phi) is 4.15. The minimum Gasteiger partial charge on any atom is -0.280 e. The first kappa shape index (κ1) is 15.0. The third kappa shape index (κ3) is 2.72. The first-order chi connectivity index (χ1) is 10.6. The van der Waals surface area contributed by atoms with Crippen molar-refractivity contribution in [2.45, 2.75) is 52.5 Å². The van der Waals surface area contributed by atoms with Crippen molar-refractivity contribution in [2.24, 2.45) is 4.99 Å². The number of benzene rings is 2. The first-order valence-corrected chi connectivity index (χ1v) is 8.36. The van der Waals surface area contributed by atoms with Gasteiger partial charge in [0, 0.05) is 17.0 Å². The minimum absolute atomic E-state index is 0.352. The lowest BCUT2D eigenvalue weighted by Gasteiger charge is -2.30. The van der Waals surface area contributed by atoms with E-state index in [-0.39, 0.29) is 0 Å². The average molecular weight is 291 g/mol. The summed E-state index contributed by atoms with van der Waals surface area (Å²) < 4.78 is 0. The van der Waals surface area contributed by atoms with Crippen LogP contribution in [-0.4, -0.2) is 11.8 Å². The summed E-state index contributed by atoms with van der Waals surface area (Å²) >= 11 is 0. The Morgan fingerprint density at radius 1 is 0.955 bits per heavy atom. The van der Waals surface area contributed by atoms with Gasteiger partial charge in [0.05, 0.1) is 11.8 Å². The highest BCUT2D eigenvalue weighted by molar-refractivity contribution is 6.14. The summed E-state index contributed by atoms with van der Waals surface area (Å²) in [6.45, 7) is 8.84. The van der Waals surface area contributed by atoms with Gasteiger partial charge in [0.15, 0.2) is 0 Å². The number of nitrogens with zero attached hydrogens (tertiary/aromatic N) is 1. The predicted octanol–water partition coefficient (Wildman–Crippen LogP) is 5.43. The second kappa shape index (κ2) is 6.08. The van der Waals surface area contributed by atoms with Crippen LogP contribution < -0.4 is 0 Å². The van der Waals surface area contributed by atoms with Gasteiger partial charge in [-0.25, -0.2) is 0 Å². The largest absolute Gasteiger partial charge is 0.280 e. The van der Waals surface area contributed by atoms with Gasteiger partial charge in [-0.1, -0.05) is 66.9 Å². The molecule has 2 atom stereocenters.